The van der Waals surface area contributed by atoms with E-state index in [1.807, 2.05) is 23.1 Å². The first-order valence-electron chi connectivity index (χ1n) is 5.99. The van der Waals surface area contributed by atoms with Crippen molar-refractivity contribution in [3.63, 3.8) is 0 Å². The van der Waals surface area contributed by atoms with Gasteiger partial charge in [0, 0.05) is 17.6 Å². The molecular formula is C14H18NO. The summed E-state index contributed by atoms with van der Waals surface area (Å²) in [5.74, 6) is 0.150. The van der Waals surface area contributed by atoms with Crippen LogP contribution in [-0.2, 0) is 0 Å². The summed E-state index contributed by atoms with van der Waals surface area (Å²) in [4.78, 5) is 14.3. The Balaban J connectivity index is 2.20. The Morgan fingerprint density at radius 2 is 2.06 bits per heavy atom. The quantitative estimate of drug-likeness (QED) is 0.707. The molecule has 85 valence electrons. The third kappa shape index (κ3) is 2.11. The topological polar surface area (TPSA) is 20.3 Å². The van der Waals surface area contributed by atoms with Crippen molar-refractivity contribution in [3.05, 3.63) is 35.9 Å². The van der Waals surface area contributed by atoms with Gasteiger partial charge in [0.15, 0.2) is 0 Å². The van der Waals surface area contributed by atoms with E-state index in [0.29, 0.717) is 12.1 Å². The third-order valence-corrected chi connectivity index (χ3v) is 3.38. The maximum atomic E-state index is 12.3. The highest BCUT2D eigenvalue weighted by Crippen LogP contribution is 2.24. The van der Waals surface area contributed by atoms with Crippen LogP contribution in [-0.4, -0.2) is 22.9 Å². The molecule has 2 nitrogen and oxygen atoms in total. The first kappa shape index (κ1) is 11.2. The van der Waals surface area contributed by atoms with E-state index in [-0.39, 0.29) is 5.91 Å². The standard InChI is InChI=1S/C14H18NO/c1-11-7-6-8-12(2)15(11)14(16)13-9-4-3-5-10-13/h3-4,9-12H,6-8H2,1-2H3. The zero-order chi connectivity index (χ0) is 11.5. The molecule has 1 aliphatic heterocycles. The lowest BCUT2D eigenvalue weighted by molar-refractivity contribution is 0.0511. The largest absolute Gasteiger partial charge is 0.333 e. The number of hydrogen-bond donors (Lipinski definition) is 0. The van der Waals surface area contributed by atoms with Gasteiger partial charge in [0.1, 0.15) is 0 Å². The van der Waals surface area contributed by atoms with Gasteiger partial charge >= 0.3 is 0 Å². The van der Waals surface area contributed by atoms with Crippen LogP contribution in [0.3, 0.4) is 0 Å². The highest BCUT2D eigenvalue weighted by molar-refractivity contribution is 5.94. The normalized spacial score (nSPS) is 25.5. The summed E-state index contributed by atoms with van der Waals surface area (Å²) >= 11 is 0. The number of benzene rings is 1. The Morgan fingerprint density at radius 3 is 2.62 bits per heavy atom. The minimum Gasteiger partial charge on any atom is -0.333 e. The lowest BCUT2D eigenvalue weighted by Gasteiger charge is -2.39. The van der Waals surface area contributed by atoms with E-state index in [1.165, 1.54) is 6.42 Å². The molecule has 2 atom stereocenters. The Hall–Kier alpha value is -1.31. The molecule has 2 heteroatoms. The van der Waals surface area contributed by atoms with Crippen LogP contribution in [0.5, 0.6) is 0 Å². The van der Waals surface area contributed by atoms with E-state index in [2.05, 4.69) is 19.9 Å². The summed E-state index contributed by atoms with van der Waals surface area (Å²) in [7, 11) is 0. The minimum absolute atomic E-state index is 0.150. The summed E-state index contributed by atoms with van der Waals surface area (Å²) in [5, 5.41) is 0. The number of carbonyl (C=O) groups excluding carboxylic acids is 1. The Morgan fingerprint density at radius 1 is 1.38 bits per heavy atom. The maximum Gasteiger partial charge on any atom is 0.254 e. The highest BCUT2D eigenvalue weighted by atomic mass is 16.2. The number of amides is 1. The van der Waals surface area contributed by atoms with Crippen LogP contribution in [0.2, 0.25) is 0 Å². The summed E-state index contributed by atoms with van der Waals surface area (Å²) in [5.41, 5.74) is 0.753. The van der Waals surface area contributed by atoms with Gasteiger partial charge in [0.05, 0.1) is 0 Å². The molecule has 1 aromatic rings. The van der Waals surface area contributed by atoms with Gasteiger partial charge in [0.25, 0.3) is 5.91 Å². The average molecular weight is 216 g/mol. The van der Waals surface area contributed by atoms with Crippen LogP contribution < -0.4 is 0 Å². The molecule has 1 fully saturated rings. The zero-order valence-corrected chi connectivity index (χ0v) is 9.94. The molecule has 1 heterocycles. The average Bonchev–Trinajstić information content (AvgIpc) is 2.30. The van der Waals surface area contributed by atoms with Crippen molar-refractivity contribution in [2.75, 3.05) is 0 Å². The van der Waals surface area contributed by atoms with Crippen LogP contribution in [0.15, 0.2) is 24.3 Å². The number of rotatable bonds is 1. The zero-order valence-electron chi connectivity index (χ0n) is 9.94. The Kier molecular flexibility index (Phi) is 3.28. The smallest absolute Gasteiger partial charge is 0.254 e. The second-order valence-corrected chi connectivity index (χ2v) is 4.63. The number of piperidine rings is 1. The fraction of sp³-hybridized carbons (Fsp3) is 0.500. The Labute approximate surface area is 97.3 Å². The van der Waals surface area contributed by atoms with Gasteiger partial charge in [0.2, 0.25) is 0 Å². The summed E-state index contributed by atoms with van der Waals surface area (Å²) in [6.07, 6.45) is 3.46. The van der Waals surface area contributed by atoms with Crippen LogP contribution in [0, 0.1) is 6.07 Å². The molecule has 1 saturated heterocycles. The maximum absolute atomic E-state index is 12.3. The van der Waals surface area contributed by atoms with Crippen LogP contribution in [0.4, 0.5) is 0 Å². The molecule has 0 spiro atoms. The predicted octanol–water partition coefficient (Wildman–Crippen LogP) is 2.89. The molecule has 0 N–H and O–H groups in total. The molecule has 1 aliphatic rings. The van der Waals surface area contributed by atoms with Gasteiger partial charge in [-0.25, -0.2) is 0 Å². The molecule has 0 bridgehead atoms. The van der Waals surface area contributed by atoms with Crippen molar-refractivity contribution in [2.45, 2.75) is 45.2 Å². The predicted molar refractivity (Wildman–Crippen MR) is 64.2 cm³/mol. The summed E-state index contributed by atoms with van der Waals surface area (Å²) in [6, 6.07) is 11.0. The number of nitrogens with zero attached hydrogens (tertiary/aromatic N) is 1. The molecule has 0 aromatic heterocycles. The first-order valence-corrected chi connectivity index (χ1v) is 5.99. The lowest BCUT2D eigenvalue weighted by atomic mass is 9.96. The monoisotopic (exact) mass is 216 g/mol. The number of carbonyl (C=O) groups is 1. The molecular weight excluding hydrogens is 198 g/mol. The fourth-order valence-electron chi connectivity index (χ4n) is 2.50. The van der Waals surface area contributed by atoms with Gasteiger partial charge in [-0.3, -0.25) is 4.79 Å². The summed E-state index contributed by atoms with van der Waals surface area (Å²) < 4.78 is 0. The van der Waals surface area contributed by atoms with Crippen molar-refractivity contribution in [2.24, 2.45) is 0 Å². The van der Waals surface area contributed by atoms with Crippen LogP contribution >= 0.6 is 0 Å². The highest BCUT2D eigenvalue weighted by Gasteiger charge is 2.29. The van der Waals surface area contributed by atoms with Crippen molar-refractivity contribution in [3.8, 4) is 0 Å². The van der Waals surface area contributed by atoms with E-state index in [1.54, 1.807) is 6.07 Å². The van der Waals surface area contributed by atoms with Gasteiger partial charge < -0.3 is 4.90 Å². The van der Waals surface area contributed by atoms with Crippen molar-refractivity contribution in [1.29, 1.82) is 0 Å². The molecule has 1 aromatic carbocycles. The Bertz CT molecular complexity index is 350. The first-order chi connectivity index (χ1) is 7.70. The second kappa shape index (κ2) is 4.69. The van der Waals surface area contributed by atoms with E-state index < -0.39 is 0 Å². The van der Waals surface area contributed by atoms with E-state index in [9.17, 15) is 4.79 Å². The second-order valence-electron chi connectivity index (χ2n) is 4.63. The molecule has 16 heavy (non-hydrogen) atoms. The molecule has 2 rings (SSSR count). The van der Waals surface area contributed by atoms with E-state index in [4.69, 9.17) is 0 Å². The van der Waals surface area contributed by atoms with Crippen molar-refractivity contribution in [1.82, 2.24) is 4.90 Å². The van der Waals surface area contributed by atoms with Crippen molar-refractivity contribution < 1.29 is 4.79 Å². The molecule has 1 amide bonds. The molecule has 0 saturated carbocycles. The third-order valence-electron chi connectivity index (χ3n) is 3.38. The molecule has 2 unspecified atom stereocenters. The number of likely N-dealkylation sites (tertiary alicyclic amines) is 1. The SMILES string of the molecule is CC1CCCC(C)N1C(=O)c1c[c]ccc1. The molecule has 1 radical (unpaired) electrons. The fourth-order valence-corrected chi connectivity index (χ4v) is 2.50. The van der Waals surface area contributed by atoms with Crippen LogP contribution in [0.25, 0.3) is 0 Å². The number of hydrogen-bond acceptors (Lipinski definition) is 1. The van der Waals surface area contributed by atoms with E-state index in [0.717, 1.165) is 18.4 Å². The minimum atomic E-state index is 0.150. The van der Waals surface area contributed by atoms with Crippen molar-refractivity contribution >= 4 is 5.91 Å². The van der Waals surface area contributed by atoms with Gasteiger partial charge in [-0.2, -0.15) is 0 Å². The van der Waals surface area contributed by atoms with Crippen LogP contribution in [0.1, 0.15) is 43.5 Å². The van der Waals surface area contributed by atoms with E-state index >= 15 is 0 Å². The lowest BCUT2D eigenvalue weighted by Crippen LogP contribution is -2.47. The van der Waals surface area contributed by atoms with Gasteiger partial charge in [-0.05, 0) is 51.3 Å². The van der Waals surface area contributed by atoms with Gasteiger partial charge in [-0.15, -0.1) is 0 Å². The van der Waals surface area contributed by atoms with Gasteiger partial charge in [-0.1, -0.05) is 12.1 Å². The molecule has 0 aliphatic carbocycles. The summed E-state index contributed by atoms with van der Waals surface area (Å²) in [6.45, 7) is 4.28.